The number of halogens is 1. The van der Waals surface area contributed by atoms with Crippen LogP contribution in [-0.4, -0.2) is 34.1 Å². The van der Waals surface area contributed by atoms with E-state index in [-0.39, 0.29) is 5.41 Å². The fourth-order valence-corrected chi connectivity index (χ4v) is 2.68. The molecular weight excluding hydrogens is 286 g/mol. The third kappa shape index (κ3) is 3.74. The van der Waals surface area contributed by atoms with Gasteiger partial charge in [0.2, 0.25) is 0 Å². The predicted octanol–water partition coefficient (Wildman–Crippen LogP) is 3.58. The molecule has 0 unspecified atom stereocenters. The number of aromatic nitrogens is 3. The van der Waals surface area contributed by atoms with Crippen LogP contribution in [0.5, 0.6) is 0 Å². The van der Waals surface area contributed by atoms with Gasteiger partial charge in [-0.3, -0.25) is 0 Å². The Balaban J connectivity index is 2.40. The van der Waals surface area contributed by atoms with E-state index in [1.807, 2.05) is 12.3 Å². The molecular formula is C16H24ClN3O. The Hall–Kier alpha value is -1.13. The van der Waals surface area contributed by atoms with Gasteiger partial charge in [0.1, 0.15) is 11.3 Å². The molecule has 0 saturated heterocycles. The summed E-state index contributed by atoms with van der Waals surface area (Å²) in [6.07, 6.45) is 3.61. The van der Waals surface area contributed by atoms with Gasteiger partial charge in [0.15, 0.2) is 5.65 Å². The minimum absolute atomic E-state index is 0.121. The number of imidazole rings is 1. The Bertz CT molecular complexity index is 607. The van der Waals surface area contributed by atoms with Crippen LogP contribution in [-0.2, 0) is 17.7 Å². The molecule has 116 valence electrons. The summed E-state index contributed by atoms with van der Waals surface area (Å²) < 4.78 is 7.44. The molecule has 2 heterocycles. The second-order valence-electron chi connectivity index (χ2n) is 6.26. The summed E-state index contributed by atoms with van der Waals surface area (Å²) >= 11 is 5.94. The Labute approximate surface area is 131 Å². The molecule has 2 aromatic heterocycles. The molecule has 21 heavy (non-hydrogen) atoms. The van der Waals surface area contributed by atoms with Crippen molar-refractivity contribution in [3.8, 4) is 0 Å². The topological polar surface area (TPSA) is 39.9 Å². The molecule has 0 N–H and O–H groups in total. The van der Waals surface area contributed by atoms with Crippen LogP contribution < -0.4 is 0 Å². The van der Waals surface area contributed by atoms with E-state index in [1.54, 1.807) is 7.11 Å². The van der Waals surface area contributed by atoms with Gasteiger partial charge in [-0.25, -0.2) is 9.97 Å². The predicted molar refractivity (Wildman–Crippen MR) is 87.0 cm³/mol. The van der Waals surface area contributed by atoms with Gasteiger partial charge in [-0.1, -0.05) is 13.8 Å². The lowest BCUT2D eigenvalue weighted by molar-refractivity contribution is 0.142. The van der Waals surface area contributed by atoms with Crippen molar-refractivity contribution in [1.29, 1.82) is 0 Å². The number of fused-ring (bicyclic) bond motifs is 1. The summed E-state index contributed by atoms with van der Waals surface area (Å²) in [5.41, 5.74) is 3.22. The largest absolute Gasteiger partial charge is 0.385 e. The number of rotatable bonds is 7. The van der Waals surface area contributed by atoms with Crippen LogP contribution in [0.3, 0.4) is 0 Å². The van der Waals surface area contributed by atoms with Crippen LogP contribution in [0, 0.1) is 12.3 Å². The second-order valence-corrected chi connectivity index (χ2v) is 6.64. The van der Waals surface area contributed by atoms with Crippen LogP contribution in [0.1, 0.15) is 31.7 Å². The first-order valence-corrected chi connectivity index (χ1v) is 7.87. The number of pyridine rings is 1. The number of nitrogens with zero attached hydrogens (tertiary/aromatic N) is 3. The lowest BCUT2D eigenvalue weighted by atomic mass is 9.89. The highest BCUT2D eigenvalue weighted by molar-refractivity contribution is 6.17. The zero-order valence-corrected chi connectivity index (χ0v) is 14.1. The standard InChI is InChI=1S/C16H24ClN3O/c1-12-6-9-18-15-14(12)19-13(5-8-17)20(15)11-16(2,3)7-10-21-4/h6,9H,5,7-8,10-11H2,1-4H3. The first-order valence-electron chi connectivity index (χ1n) is 7.34. The molecule has 5 heteroatoms. The molecule has 0 spiro atoms. The molecule has 0 bridgehead atoms. The smallest absolute Gasteiger partial charge is 0.160 e. The maximum absolute atomic E-state index is 5.94. The Morgan fingerprint density at radius 1 is 1.38 bits per heavy atom. The van der Waals surface area contributed by atoms with Gasteiger partial charge >= 0.3 is 0 Å². The first kappa shape index (κ1) is 16.2. The minimum Gasteiger partial charge on any atom is -0.385 e. The third-order valence-electron chi connectivity index (χ3n) is 3.80. The van der Waals surface area contributed by atoms with Gasteiger partial charge in [0.25, 0.3) is 0 Å². The number of aryl methyl sites for hydroxylation is 2. The zero-order valence-electron chi connectivity index (χ0n) is 13.3. The normalized spacial score (nSPS) is 12.2. The molecule has 4 nitrogen and oxygen atoms in total. The van der Waals surface area contributed by atoms with Crippen molar-refractivity contribution < 1.29 is 4.74 Å². The van der Waals surface area contributed by atoms with E-state index in [0.717, 1.165) is 48.5 Å². The van der Waals surface area contributed by atoms with Crippen molar-refractivity contribution in [3.05, 3.63) is 23.7 Å². The van der Waals surface area contributed by atoms with Crippen LogP contribution in [0.25, 0.3) is 11.2 Å². The molecule has 2 rings (SSSR count). The average molecular weight is 310 g/mol. The van der Waals surface area contributed by atoms with Crippen LogP contribution >= 0.6 is 11.6 Å². The Kier molecular flexibility index (Phi) is 5.22. The Morgan fingerprint density at radius 3 is 2.81 bits per heavy atom. The van der Waals surface area contributed by atoms with E-state index in [1.165, 1.54) is 0 Å². The quantitative estimate of drug-likeness (QED) is 0.734. The van der Waals surface area contributed by atoms with Crippen molar-refractivity contribution >= 4 is 22.8 Å². The fourth-order valence-electron chi connectivity index (χ4n) is 2.51. The first-order chi connectivity index (χ1) is 9.98. The number of ether oxygens (including phenoxy) is 1. The second kappa shape index (κ2) is 6.75. The monoisotopic (exact) mass is 309 g/mol. The van der Waals surface area contributed by atoms with Crippen molar-refractivity contribution in [2.75, 3.05) is 19.6 Å². The highest BCUT2D eigenvalue weighted by atomic mass is 35.5. The summed E-state index contributed by atoms with van der Waals surface area (Å²) in [6, 6.07) is 2.00. The zero-order chi connectivity index (χ0) is 15.5. The molecule has 0 aliphatic rings. The molecule has 0 radical (unpaired) electrons. The number of hydrogen-bond donors (Lipinski definition) is 0. The highest BCUT2D eigenvalue weighted by Gasteiger charge is 2.22. The van der Waals surface area contributed by atoms with E-state index in [2.05, 4.69) is 30.3 Å². The van der Waals surface area contributed by atoms with Gasteiger partial charge < -0.3 is 9.30 Å². The van der Waals surface area contributed by atoms with E-state index in [9.17, 15) is 0 Å². The lowest BCUT2D eigenvalue weighted by Crippen LogP contribution is -2.23. The summed E-state index contributed by atoms with van der Waals surface area (Å²) in [5.74, 6) is 1.59. The molecule has 0 aliphatic carbocycles. The van der Waals surface area contributed by atoms with Gasteiger partial charge in [-0.05, 0) is 30.4 Å². The molecule has 0 saturated carbocycles. The molecule has 0 aromatic carbocycles. The van der Waals surface area contributed by atoms with Gasteiger partial charge in [-0.2, -0.15) is 0 Å². The number of hydrogen-bond acceptors (Lipinski definition) is 3. The SMILES string of the molecule is COCCC(C)(C)Cn1c(CCCl)nc2c(C)ccnc21. The van der Waals surface area contributed by atoms with Gasteiger partial charge in [0, 0.05) is 38.8 Å². The van der Waals surface area contributed by atoms with E-state index in [0.29, 0.717) is 5.88 Å². The summed E-state index contributed by atoms with van der Waals surface area (Å²) in [6.45, 7) is 8.20. The van der Waals surface area contributed by atoms with Crippen molar-refractivity contribution in [2.45, 2.75) is 40.2 Å². The van der Waals surface area contributed by atoms with Crippen LogP contribution in [0.4, 0.5) is 0 Å². The van der Waals surface area contributed by atoms with Crippen LogP contribution in [0.2, 0.25) is 0 Å². The summed E-state index contributed by atoms with van der Waals surface area (Å²) in [5, 5.41) is 0. The van der Waals surface area contributed by atoms with E-state index >= 15 is 0 Å². The maximum Gasteiger partial charge on any atom is 0.160 e. The summed E-state index contributed by atoms with van der Waals surface area (Å²) in [7, 11) is 1.74. The number of methoxy groups -OCH3 is 1. The van der Waals surface area contributed by atoms with Crippen LogP contribution in [0.15, 0.2) is 12.3 Å². The molecule has 0 atom stereocenters. The summed E-state index contributed by atoms with van der Waals surface area (Å²) in [4.78, 5) is 9.29. The Morgan fingerprint density at radius 2 is 2.14 bits per heavy atom. The minimum atomic E-state index is 0.121. The maximum atomic E-state index is 5.94. The van der Waals surface area contributed by atoms with Crippen molar-refractivity contribution in [2.24, 2.45) is 5.41 Å². The number of alkyl halides is 1. The average Bonchev–Trinajstić information content (AvgIpc) is 2.77. The lowest BCUT2D eigenvalue weighted by Gasteiger charge is -2.26. The van der Waals surface area contributed by atoms with Crippen molar-refractivity contribution in [3.63, 3.8) is 0 Å². The van der Waals surface area contributed by atoms with Gasteiger partial charge in [0.05, 0.1) is 0 Å². The molecule has 0 amide bonds. The van der Waals surface area contributed by atoms with E-state index in [4.69, 9.17) is 21.3 Å². The highest BCUT2D eigenvalue weighted by Crippen LogP contribution is 2.27. The van der Waals surface area contributed by atoms with Gasteiger partial charge in [-0.15, -0.1) is 11.6 Å². The molecule has 0 fully saturated rings. The third-order valence-corrected chi connectivity index (χ3v) is 3.99. The molecule has 2 aromatic rings. The fraction of sp³-hybridized carbons (Fsp3) is 0.625. The van der Waals surface area contributed by atoms with E-state index < -0.39 is 0 Å². The molecule has 0 aliphatic heterocycles. The van der Waals surface area contributed by atoms with Crippen molar-refractivity contribution in [1.82, 2.24) is 14.5 Å².